The summed E-state index contributed by atoms with van der Waals surface area (Å²) in [6.07, 6.45) is 2.53. The van der Waals surface area contributed by atoms with Crippen LogP contribution in [-0.2, 0) is 0 Å². The lowest BCUT2D eigenvalue weighted by atomic mass is 10.2. The minimum absolute atomic E-state index is 0.295. The second-order valence-electron chi connectivity index (χ2n) is 4.39. The molecule has 18 heavy (non-hydrogen) atoms. The number of rotatable bonds is 7. The van der Waals surface area contributed by atoms with E-state index in [1.807, 2.05) is 26.2 Å². The molecule has 0 aliphatic rings. The van der Waals surface area contributed by atoms with Gasteiger partial charge in [-0.05, 0) is 25.0 Å². The third-order valence-electron chi connectivity index (χ3n) is 2.69. The zero-order valence-corrected chi connectivity index (χ0v) is 11.1. The van der Waals surface area contributed by atoms with Gasteiger partial charge in [-0.3, -0.25) is 0 Å². The third kappa shape index (κ3) is 4.53. The number of nitrogens with two attached hydrogens (primary N) is 1. The summed E-state index contributed by atoms with van der Waals surface area (Å²) in [5.41, 5.74) is 7.71. The first-order valence-electron chi connectivity index (χ1n) is 6.11. The van der Waals surface area contributed by atoms with Crippen LogP contribution in [0.25, 0.3) is 0 Å². The molecule has 1 aromatic rings. The summed E-state index contributed by atoms with van der Waals surface area (Å²) in [7, 11) is 4.05. The maximum absolute atomic E-state index is 8.41. The molecule has 5 heteroatoms. The van der Waals surface area contributed by atoms with Gasteiger partial charge in [-0.15, -0.1) is 0 Å². The summed E-state index contributed by atoms with van der Waals surface area (Å²) >= 11 is 0. The SMILES string of the molecule is CN(C)c1ccccc1NCCCC/C(N)=N/O. The fourth-order valence-electron chi connectivity index (χ4n) is 1.72. The quantitative estimate of drug-likeness (QED) is 0.228. The molecule has 0 atom stereocenters. The van der Waals surface area contributed by atoms with E-state index in [9.17, 15) is 0 Å². The van der Waals surface area contributed by atoms with Crippen molar-refractivity contribution in [2.45, 2.75) is 19.3 Å². The molecule has 5 nitrogen and oxygen atoms in total. The lowest BCUT2D eigenvalue weighted by Gasteiger charge is -2.18. The standard InChI is InChI=1S/C13H22N4O/c1-17(2)12-8-4-3-7-11(12)15-10-6-5-9-13(14)16-18/h3-4,7-8,15,18H,5-6,9-10H2,1-2H3,(H2,14,16). The molecule has 0 bridgehead atoms. The number of hydrogen-bond acceptors (Lipinski definition) is 4. The zero-order chi connectivity index (χ0) is 13.4. The molecule has 0 spiro atoms. The van der Waals surface area contributed by atoms with Crippen molar-refractivity contribution in [3.05, 3.63) is 24.3 Å². The highest BCUT2D eigenvalue weighted by Crippen LogP contribution is 2.23. The fraction of sp³-hybridized carbons (Fsp3) is 0.462. The molecule has 4 N–H and O–H groups in total. The predicted octanol–water partition coefficient (Wildman–Crippen LogP) is 2.08. The highest BCUT2D eigenvalue weighted by molar-refractivity contribution is 5.79. The maximum Gasteiger partial charge on any atom is 0.139 e. The summed E-state index contributed by atoms with van der Waals surface area (Å²) in [5, 5.41) is 14.8. The molecule has 0 aliphatic carbocycles. The van der Waals surface area contributed by atoms with E-state index >= 15 is 0 Å². The lowest BCUT2D eigenvalue weighted by Crippen LogP contribution is -2.14. The van der Waals surface area contributed by atoms with E-state index in [0.29, 0.717) is 12.3 Å². The number of oxime groups is 1. The van der Waals surface area contributed by atoms with Gasteiger partial charge in [0.25, 0.3) is 0 Å². The van der Waals surface area contributed by atoms with Crippen LogP contribution in [0.2, 0.25) is 0 Å². The number of para-hydroxylation sites is 2. The molecule has 100 valence electrons. The van der Waals surface area contributed by atoms with Gasteiger partial charge in [-0.1, -0.05) is 17.3 Å². The van der Waals surface area contributed by atoms with E-state index < -0.39 is 0 Å². The van der Waals surface area contributed by atoms with Crippen LogP contribution in [0.1, 0.15) is 19.3 Å². The number of nitrogens with zero attached hydrogens (tertiary/aromatic N) is 2. The molecule has 0 heterocycles. The van der Waals surface area contributed by atoms with Crippen LogP contribution < -0.4 is 16.0 Å². The fourth-order valence-corrected chi connectivity index (χ4v) is 1.72. The summed E-state index contributed by atoms with van der Waals surface area (Å²) in [4.78, 5) is 2.08. The van der Waals surface area contributed by atoms with Crippen LogP contribution in [0.15, 0.2) is 29.4 Å². The Kier molecular flexibility index (Phi) is 5.84. The van der Waals surface area contributed by atoms with Gasteiger partial charge < -0.3 is 21.2 Å². The predicted molar refractivity (Wildman–Crippen MR) is 76.5 cm³/mol. The van der Waals surface area contributed by atoms with Gasteiger partial charge in [0.05, 0.1) is 11.4 Å². The first kappa shape index (κ1) is 14.2. The average molecular weight is 250 g/mol. The van der Waals surface area contributed by atoms with Crippen LogP contribution in [0.3, 0.4) is 0 Å². The van der Waals surface area contributed by atoms with Crippen molar-refractivity contribution in [2.75, 3.05) is 30.9 Å². The van der Waals surface area contributed by atoms with Crippen LogP contribution in [-0.4, -0.2) is 31.7 Å². The number of amidine groups is 1. The van der Waals surface area contributed by atoms with Gasteiger partial charge in [0.2, 0.25) is 0 Å². The van der Waals surface area contributed by atoms with E-state index in [-0.39, 0.29) is 0 Å². The van der Waals surface area contributed by atoms with Crippen LogP contribution in [0.5, 0.6) is 0 Å². The minimum atomic E-state index is 0.295. The number of anilines is 2. The van der Waals surface area contributed by atoms with E-state index in [2.05, 4.69) is 27.5 Å². The van der Waals surface area contributed by atoms with E-state index in [1.54, 1.807) is 0 Å². The van der Waals surface area contributed by atoms with E-state index in [4.69, 9.17) is 10.9 Å². The van der Waals surface area contributed by atoms with Crippen molar-refractivity contribution in [1.29, 1.82) is 0 Å². The van der Waals surface area contributed by atoms with Gasteiger partial charge in [0.1, 0.15) is 5.84 Å². The van der Waals surface area contributed by atoms with E-state index in [1.165, 1.54) is 5.69 Å². The molecule has 0 saturated heterocycles. The third-order valence-corrected chi connectivity index (χ3v) is 2.69. The number of hydrogen-bond donors (Lipinski definition) is 3. The van der Waals surface area contributed by atoms with Crippen LogP contribution >= 0.6 is 0 Å². The molecule has 0 unspecified atom stereocenters. The first-order chi connectivity index (χ1) is 8.65. The summed E-state index contributed by atoms with van der Waals surface area (Å²) in [5.74, 6) is 0.295. The summed E-state index contributed by atoms with van der Waals surface area (Å²) < 4.78 is 0. The second kappa shape index (κ2) is 7.42. The summed E-state index contributed by atoms with van der Waals surface area (Å²) in [6.45, 7) is 0.879. The number of unbranched alkanes of at least 4 members (excludes halogenated alkanes) is 1. The largest absolute Gasteiger partial charge is 0.409 e. The number of nitrogens with one attached hydrogen (secondary N) is 1. The van der Waals surface area contributed by atoms with Gasteiger partial charge in [0.15, 0.2) is 0 Å². The molecule has 0 amide bonds. The Hall–Kier alpha value is -1.91. The van der Waals surface area contributed by atoms with Gasteiger partial charge >= 0.3 is 0 Å². The molecule has 0 fully saturated rings. The Morgan fingerprint density at radius 2 is 2.06 bits per heavy atom. The van der Waals surface area contributed by atoms with Gasteiger partial charge in [-0.25, -0.2) is 0 Å². The Morgan fingerprint density at radius 1 is 1.33 bits per heavy atom. The van der Waals surface area contributed by atoms with Crippen molar-refractivity contribution in [1.82, 2.24) is 0 Å². The maximum atomic E-state index is 8.41. The van der Waals surface area contributed by atoms with Crippen molar-refractivity contribution >= 4 is 17.2 Å². The van der Waals surface area contributed by atoms with Crippen molar-refractivity contribution in [3.63, 3.8) is 0 Å². The highest BCUT2D eigenvalue weighted by Gasteiger charge is 2.02. The van der Waals surface area contributed by atoms with Crippen LogP contribution in [0, 0.1) is 0 Å². The smallest absolute Gasteiger partial charge is 0.139 e. The van der Waals surface area contributed by atoms with E-state index in [0.717, 1.165) is 25.1 Å². The molecule has 0 saturated carbocycles. The summed E-state index contributed by atoms with van der Waals surface area (Å²) in [6, 6.07) is 8.20. The Labute approximate surface area is 108 Å². The second-order valence-corrected chi connectivity index (χ2v) is 4.39. The zero-order valence-electron chi connectivity index (χ0n) is 11.1. The molecule has 1 rings (SSSR count). The van der Waals surface area contributed by atoms with Crippen molar-refractivity contribution in [2.24, 2.45) is 10.9 Å². The molecule has 1 aromatic carbocycles. The van der Waals surface area contributed by atoms with Gasteiger partial charge in [-0.2, -0.15) is 0 Å². The lowest BCUT2D eigenvalue weighted by molar-refractivity contribution is 0.316. The van der Waals surface area contributed by atoms with Crippen LogP contribution in [0.4, 0.5) is 11.4 Å². The molecular formula is C13H22N4O. The van der Waals surface area contributed by atoms with Gasteiger partial charge in [0, 0.05) is 27.1 Å². The molecule has 0 radical (unpaired) electrons. The highest BCUT2D eigenvalue weighted by atomic mass is 16.4. The Bertz CT molecular complexity index is 390. The average Bonchev–Trinajstić information content (AvgIpc) is 2.38. The first-order valence-corrected chi connectivity index (χ1v) is 6.11. The Balaban J connectivity index is 2.35. The monoisotopic (exact) mass is 250 g/mol. The minimum Gasteiger partial charge on any atom is -0.409 e. The molecule has 0 aromatic heterocycles. The Morgan fingerprint density at radius 3 is 2.72 bits per heavy atom. The topological polar surface area (TPSA) is 73.9 Å². The van der Waals surface area contributed by atoms with Crippen molar-refractivity contribution < 1.29 is 5.21 Å². The molecule has 0 aliphatic heterocycles. The van der Waals surface area contributed by atoms with Crippen molar-refractivity contribution in [3.8, 4) is 0 Å². The normalized spacial score (nSPS) is 11.3. The number of benzene rings is 1. The molecular weight excluding hydrogens is 228 g/mol.